The van der Waals surface area contributed by atoms with E-state index in [-0.39, 0.29) is 40.7 Å². The van der Waals surface area contributed by atoms with Crippen molar-refractivity contribution in [3.63, 3.8) is 0 Å². The summed E-state index contributed by atoms with van der Waals surface area (Å²) in [7, 11) is -21.4. The van der Waals surface area contributed by atoms with Crippen LogP contribution >= 0.6 is 31.3 Å². The maximum absolute atomic E-state index is 13.5. The second-order valence-electron chi connectivity index (χ2n) is 17.4. The number of nitrogen functional groups attached to an aromatic ring is 2. The number of anilines is 2. The van der Waals surface area contributed by atoms with Gasteiger partial charge in [-0.05, 0) is 6.42 Å². The van der Waals surface area contributed by atoms with Gasteiger partial charge in [-0.3, -0.25) is 42.3 Å². The first-order valence-electron chi connectivity index (χ1n) is 22.9. The Balaban J connectivity index is 0.948. The summed E-state index contributed by atoms with van der Waals surface area (Å²) in [6.07, 6.45) is -14.8. The summed E-state index contributed by atoms with van der Waals surface area (Å²) >= 11 is 0. The Morgan fingerprint density at radius 1 is 0.823 bits per heavy atom. The molecule has 0 aliphatic carbocycles. The number of alkyl carbamates (subject to hydrolysis) is 1. The van der Waals surface area contributed by atoms with Crippen LogP contribution < -0.4 is 43.1 Å². The van der Waals surface area contributed by atoms with E-state index in [4.69, 9.17) is 53.2 Å². The third kappa shape index (κ3) is 13.4. The highest BCUT2D eigenvalue weighted by molar-refractivity contribution is 7.66. The van der Waals surface area contributed by atoms with E-state index in [0.29, 0.717) is 11.0 Å². The number of hydrogen-bond donors (Lipinski definition) is 11. The van der Waals surface area contributed by atoms with E-state index in [0.717, 1.165) is 36.6 Å². The molecule has 0 radical (unpaired) electrons. The molecule has 3 aliphatic heterocycles. The molecule has 39 nitrogen and oxygen atoms in total. The Bertz CT molecular complexity index is 3430. The fourth-order valence-electron chi connectivity index (χ4n) is 8.57. The molecule has 0 bridgehead atoms. The number of hydrogen-bond acceptors (Lipinski definition) is 29. The Kier molecular flexibility index (Phi) is 17.9. The molecular formula is C36H51N13O26P4. The first-order chi connectivity index (χ1) is 37.1. The molecule has 0 aromatic carbocycles. The van der Waals surface area contributed by atoms with Crippen molar-refractivity contribution in [3.8, 4) is 0 Å². The number of aliphatic hydroxyl groups excluding tert-OH is 3. The Hall–Kier alpha value is -5.31. The minimum atomic E-state index is -6.26. The lowest BCUT2D eigenvalue weighted by molar-refractivity contribution is -0.646. The van der Waals surface area contributed by atoms with Gasteiger partial charge in [0.05, 0.1) is 45.9 Å². The highest BCUT2D eigenvalue weighted by atomic mass is 31.3. The first-order valence-corrected chi connectivity index (χ1v) is 28.8. The molecule has 1 amide bonds. The van der Waals surface area contributed by atoms with Crippen LogP contribution in [-0.2, 0) is 75.7 Å². The molecule has 43 heteroatoms. The van der Waals surface area contributed by atoms with Crippen molar-refractivity contribution in [2.75, 3.05) is 51.5 Å². The zero-order chi connectivity index (χ0) is 57.5. The van der Waals surface area contributed by atoms with E-state index in [1.165, 1.54) is 22.5 Å². The van der Waals surface area contributed by atoms with Gasteiger partial charge < -0.3 is 84.4 Å². The van der Waals surface area contributed by atoms with Crippen LogP contribution in [0.15, 0.2) is 45.6 Å². The number of nitrogens with zero attached hydrogens (tertiary/aromatic N) is 8. The average molecular weight is 1210 g/mol. The molecule has 16 atom stereocenters. The standard InChI is InChI=1S/C36H51N13O26P4/c1-4-7-66-36(56)39-8-15-16(70-31(22(15)51)49-14-46(2)21-29(49)44-34(38)45-30(21)54)9-68-77(59,60)74-79(63,64)75-78(61,62)69-11-18-25(26(65-3)33(72-18)48-13-42-20-27(37)40-12-41-28(20)48)73-76(57,58)67-10-17-23(52)24(53)32(71-17)47-6-5-19(50)43-35(47)55/h5-6,12-18,22-26,31-33,51-53H,4,7-11H2,1-3H3,(H10-,37,38,39,40,41,43,44,45,50,54,55,56,57,58,59,60,61,62,63,64)/t15-,16-,17-,18-,22-,23-,24-,25-,26-,31-,32-,33-/m1/s1. The number of amides is 1. The molecule has 13 N–H and O–H groups in total. The summed E-state index contributed by atoms with van der Waals surface area (Å²) < 4.78 is 114. The third-order valence-electron chi connectivity index (χ3n) is 12.1. The van der Waals surface area contributed by atoms with E-state index >= 15 is 0 Å². The van der Waals surface area contributed by atoms with E-state index in [2.05, 4.69) is 38.9 Å². The maximum Gasteiger partial charge on any atom is 0.490 e. The maximum atomic E-state index is 13.5. The van der Waals surface area contributed by atoms with Gasteiger partial charge in [-0.25, -0.2) is 42.8 Å². The number of fused-ring (bicyclic) bond motifs is 2. The zero-order valence-corrected chi connectivity index (χ0v) is 44.5. The molecule has 5 aromatic heterocycles. The minimum Gasteiger partial charge on any atom is -0.756 e. The van der Waals surface area contributed by atoms with Gasteiger partial charge >= 0.3 is 40.8 Å². The number of aromatic nitrogens is 10. The SMILES string of the molecule is CCCOC(=O)NC[C@H]1[C@@H](O)[C@H](n2c[n+](C)c3c(=O)[nH]c(N)nc32)O[C@@H]1COP(=O)(O)OP(=O)(O)OP(=O)(O)OC[C@H]1O[C@@H](n2cnc3c(N)ncnc32)[C@H](OC)[C@@H]1OP(=O)([O-])OC[C@H]1O[C@@H](n2ccc(=O)[nH]c2=O)[C@H](O)[C@@H]1O. The van der Waals surface area contributed by atoms with Crippen molar-refractivity contribution in [1.82, 2.24) is 48.9 Å². The van der Waals surface area contributed by atoms with E-state index in [9.17, 15) is 72.3 Å². The number of rotatable bonds is 23. The number of carbonyl (C=O) groups excluding carboxylic acids is 1. The molecule has 8 rings (SSSR count). The number of ether oxygens (including phenoxy) is 5. The quantitative estimate of drug-likeness (QED) is 0.0219. The number of imidazole rings is 2. The average Bonchev–Trinajstić information content (AvgIpc) is 4.38. The first kappa shape index (κ1) is 59.8. The lowest BCUT2D eigenvalue weighted by Gasteiger charge is -2.31. The largest absolute Gasteiger partial charge is 0.756 e. The number of phosphoric ester groups is 3. The van der Waals surface area contributed by atoms with Crippen LogP contribution in [0.25, 0.3) is 22.3 Å². The molecule has 8 heterocycles. The van der Waals surface area contributed by atoms with Gasteiger partial charge in [0.2, 0.25) is 18.5 Å². The normalized spacial score (nSPS) is 29.3. The van der Waals surface area contributed by atoms with E-state index in [1.54, 1.807) is 6.92 Å². The summed E-state index contributed by atoms with van der Waals surface area (Å²) in [5, 5.41) is 35.2. The fourth-order valence-corrected chi connectivity index (χ4v) is 13.0. The van der Waals surface area contributed by atoms with E-state index < -0.39 is 154 Å². The number of nitrogens with two attached hydrogens (primary N) is 2. The van der Waals surface area contributed by atoms with Crippen LogP contribution in [0.4, 0.5) is 16.6 Å². The number of aromatic amines is 2. The second-order valence-corrected chi connectivity index (χ2v) is 23.4. The van der Waals surface area contributed by atoms with Crippen LogP contribution in [-0.4, -0.2) is 169 Å². The lowest BCUT2D eigenvalue weighted by Crippen LogP contribution is -2.39. The Morgan fingerprint density at radius 3 is 2.14 bits per heavy atom. The number of phosphoric acid groups is 4. The summed E-state index contributed by atoms with van der Waals surface area (Å²) in [4.78, 5) is 115. The van der Waals surface area contributed by atoms with Gasteiger partial charge in [-0.2, -0.15) is 18.2 Å². The van der Waals surface area contributed by atoms with Crippen LogP contribution in [0.5, 0.6) is 0 Å². The van der Waals surface area contributed by atoms with Crippen LogP contribution in [0.1, 0.15) is 32.0 Å². The minimum absolute atomic E-state index is 0.0153. The van der Waals surface area contributed by atoms with Gasteiger partial charge in [0.15, 0.2) is 23.9 Å². The van der Waals surface area contributed by atoms with Crippen LogP contribution in [0.2, 0.25) is 0 Å². The van der Waals surface area contributed by atoms with Crippen molar-refractivity contribution in [3.05, 3.63) is 62.4 Å². The number of carbonyl (C=O) groups is 1. The van der Waals surface area contributed by atoms with Gasteiger partial charge in [-0.1, -0.05) is 6.92 Å². The molecule has 3 fully saturated rings. The zero-order valence-electron chi connectivity index (χ0n) is 40.9. The summed E-state index contributed by atoms with van der Waals surface area (Å²) in [5.41, 5.74) is 9.06. The van der Waals surface area contributed by atoms with Crippen LogP contribution in [0.3, 0.4) is 0 Å². The van der Waals surface area contributed by atoms with Gasteiger partial charge in [-0.15, -0.1) is 0 Å². The summed E-state index contributed by atoms with van der Waals surface area (Å²) in [6, 6.07) is 0.910. The molecule has 4 unspecified atom stereocenters. The lowest BCUT2D eigenvalue weighted by atomic mass is 9.98. The van der Waals surface area contributed by atoms with Crippen molar-refractivity contribution in [2.24, 2.45) is 13.0 Å². The highest BCUT2D eigenvalue weighted by Crippen LogP contribution is 2.68. The second kappa shape index (κ2) is 23.6. The number of aliphatic hydroxyl groups is 3. The highest BCUT2D eigenvalue weighted by Gasteiger charge is 2.53. The Morgan fingerprint density at radius 2 is 1.47 bits per heavy atom. The summed E-state index contributed by atoms with van der Waals surface area (Å²) in [5.74, 6) is -1.66. The van der Waals surface area contributed by atoms with Crippen molar-refractivity contribution in [1.29, 1.82) is 0 Å². The smallest absolute Gasteiger partial charge is 0.490 e. The van der Waals surface area contributed by atoms with Gasteiger partial charge in [0.1, 0.15) is 54.6 Å². The Labute approximate surface area is 440 Å². The van der Waals surface area contributed by atoms with E-state index in [1.807, 2.05) is 4.98 Å². The predicted molar refractivity (Wildman–Crippen MR) is 253 cm³/mol. The number of H-pyrrole nitrogens is 2. The molecular weight excluding hydrogens is 1150 g/mol. The molecule has 0 spiro atoms. The summed E-state index contributed by atoms with van der Waals surface area (Å²) in [6.45, 7) is -2.18. The number of aryl methyl sites for hydroxylation is 1. The molecule has 436 valence electrons. The van der Waals surface area contributed by atoms with Gasteiger partial charge in [0.25, 0.3) is 24.5 Å². The van der Waals surface area contributed by atoms with Crippen molar-refractivity contribution < 1.29 is 113 Å². The predicted octanol–water partition coefficient (Wildman–Crippen LogP) is -4.12. The van der Waals surface area contributed by atoms with Crippen LogP contribution in [0, 0.1) is 5.92 Å². The fraction of sp³-hybridized carbons (Fsp3) is 0.583. The molecule has 79 heavy (non-hydrogen) atoms. The third-order valence-corrected chi connectivity index (χ3v) is 17.3. The van der Waals surface area contributed by atoms with Crippen molar-refractivity contribution in [2.45, 2.75) is 80.9 Å². The molecule has 0 saturated carbocycles. The topological polar surface area (TPSA) is 548 Å². The number of nitrogens with one attached hydrogen (secondary N) is 3. The number of methoxy groups -OCH3 is 1. The molecule has 3 aliphatic rings. The monoisotopic (exact) mass is 1210 g/mol. The molecule has 3 saturated heterocycles. The van der Waals surface area contributed by atoms with Crippen molar-refractivity contribution >= 4 is 71.5 Å². The van der Waals surface area contributed by atoms with Gasteiger partial charge in [0, 0.05) is 31.8 Å². The molecule has 5 aromatic rings.